The summed E-state index contributed by atoms with van der Waals surface area (Å²) < 4.78 is 24.4. The van der Waals surface area contributed by atoms with Crippen molar-refractivity contribution in [1.29, 1.82) is 0 Å². The number of carbonyl (C=O) groups is 1. The van der Waals surface area contributed by atoms with Gasteiger partial charge in [-0.1, -0.05) is 23.9 Å². The number of thioether (sulfide) groups is 1. The maximum atomic E-state index is 12.2. The van der Waals surface area contributed by atoms with E-state index < -0.39 is 17.7 Å². The number of hydrogen-bond donors (Lipinski definition) is 2. The molecule has 16 heavy (non-hydrogen) atoms. The number of para-hydroxylation sites is 1. The van der Waals surface area contributed by atoms with Gasteiger partial charge in [0.2, 0.25) is 5.91 Å². The quantitative estimate of drug-likeness (QED) is 0.801. The first-order valence-electron chi connectivity index (χ1n) is 4.61. The minimum Gasteiger partial charge on any atom is -0.324 e. The van der Waals surface area contributed by atoms with Crippen molar-refractivity contribution in [1.82, 2.24) is 0 Å². The van der Waals surface area contributed by atoms with Crippen LogP contribution in [0.1, 0.15) is 6.92 Å². The van der Waals surface area contributed by atoms with Crippen LogP contribution in [0.25, 0.3) is 0 Å². The SMILES string of the molecule is C[C@@H](N)C(=O)Nc1ccccc1SC(F)F. The Kier molecular flexibility index (Phi) is 4.70. The zero-order chi connectivity index (χ0) is 12.1. The number of alkyl halides is 2. The predicted molar refractivity (Wildman–Crippen MR) is 60.6 cm³/mol. The van der Waals surface area contributed by atoms with E-state index in [-0.39, 0.29) is 0 Å². The van der Waals surface area contributed by atoms with E-state index in [0.717, 1.165) is 0 Å². The Labute approximate surface area is 96.4 Å². The Morgan fingerprint density at radius 1 is 1.44 bits per heavy atom. The number of nitrogens with two attached hydrogens (primary N) is 1. The molecular weight excluding hydrogens is 234 g/mol. The third kappa shape index (κ3) is 3.79. The van der Waals surface area contributed by atoms with Gasteiger partial charge in [0.25, 0.3) is 5.76 Å². The molecule has 0 aliphatic carbocycles. The van der Waals surface area contributed by atoms with Gasteiger partial charge >= 0.3 is 0 Å². The molecule has 0 aromatic heterocycles. The van der Waals surface area contributed by atoms with E-state index in [1.165, 1.54) is 13.0 Å². The third-order valence-electron chi connectivity index (χ3n) is 1.77. The number of anilines is 1. The molecule has 0 bridgehead atoms. The molecule has 1 rings (SSSR count). The van der Waals surface area contributed by atoms with Crippen LogP contribution in [0.15, 0.2) is 29.2 Å². The van der Waals surface area contributed by atoms with E-state index in [1.807, 2.05) is 0 Å². The largest absolute Gasteiger partial charge is 0.324 e. The average Bonchev–Trinajstić information content (AvgIpc) is 2.20. The van der Waals surface area contributed by atoms with Crippen molar-refractivity contribution in [2.24, 2.45) is 5.73 Å². The average molecular weight is 246 g/mol. The molecule has 1 amide bonds. The second-order valence-corrected chi connectivity index (χ2v) is 4.18. The normalized spacial score (nSPS) is 12.6. The van der Waals surface area contributed by atoms with Crippen molar-refractivity contribution in [2.75, 3.05) is 5.32 Å². The summed E-state index contributed by atoms with van der Waals surface area (Å²) in [5.74, 6) is -2.92. The Hall–Kier alpha value is -1.14. The number of amides is 1. The fraction of sp³-hybridized carbons (Fsp3) is 0.300. The maximum absolute atomic E-state index is 12.2. The minimum atomic E-state index is -2.52. The minimum absolute atomic E-state index is 0.325. The summed E-state index contributed by atoms with van der Waals surface area (Å²) in [6.07, 6.45) is 0. The van der Waals surface area contributed by atoms with E-state index in [4.69, 9.17) is 5.73 Å². The molecule has 88 valence electrons. The maximum Gasteiger partial charge on any atom is 0.288 e. The second-order valence-electron chi connectivity index (χ2n) is 3.15. The first-order valence-corrected chi connectivity index (χ1v) is 5.49. The van der Waals surface area contributed by atoms with Crippen molar-refractivity contribution >= 4 is 23.4 Å². The van der Waals surface area contributed by atoms with Crippen LogP contribution in [0.2, 0.25) is 0 Å². The molecule has 3 nitrogen and oxygen atoms in total. The summed E-state index contributed by atoms with van der Waals surface area (Å²) >= 11 is 0.390. The van der Waals surface area contributed by atoms with Crippen LogP contribution in [-0.2, 0) is 4.79 Å². The first kappa shape index (κ1) is 12.9. The summed E-state index contributed by atoms with van der Waals surface area (Å²) in [6, 6.07) is 5.70. The number of nitrogens with one attached hydrogen (secondary N) is 1. The Balaban J connectivity index is 2.82. The third-order valence-corrected chi connectivity index (χ3v) is 2.56. The number of hydrogen-bond acceptors (Lipinski definition) is 3. The molecule has 0 fully saturated rings. The molecule has 1 aromatic carbocycles. The summed E-state index contributed by atoms with van der Waals surface area (Å²) in [5.41, 5.74) is 5.72. The lowest BCUT2D eigenvalue weighted by Gasteiger charge is -2.11. The monoisotopic (exact) mass is 246 g/mol. The van der Waals surface area contributed by atoms with Crippen molar-refractivity contribution in [3.63, 3.8) is 0 Å². The van der Waals surface area contributed by atoms with Gasteiger partial charge < -0.3 is 11.1 Å². The molecule has 0 unspecified atom stereocenters. The molecule has 6 heteroatoms. The fourth-order valence-corrected chi connectivity index (χ4v) is 1.61. The van der Waals surface area contributed by atoms with Crippen LogP contribution >= 0.6 is 11.8 Å². The Morgan fingerprint density at radius 3 is 2.62 bits per heavy atom. The van der Waals surface area contributed by atoms with Crippen molar-refractivity contribution in [3.05, 3.63) is 24.3 Å². The van der Waals surface area contributed by atoms with Gasteiger partial charge in [-0.2, -0.15) is 8.78 Å². The lowest BCUT2D eigenvalue weighted by atomic mass is 10.3. The lowest BCUT2D eigenvalue weighted by molar-refractivity contribution is -0.117. The van der Waals surface area contributed by atoms with Gasteiger partial charge in [-0.15, -0.1) is 0 Å². The van der Waals surface area contributed by atoms with Crippen molar-refractivity contribution in [3.8, 4) is 0 Å². The number of benzene rings is 1. The summed E-state index contributed by atoms with van der Waals surface area (Å²) in [5, 5.41) is 2.50. The number of rotatable bonds is 4. The van der Waals surface area contributed by atoms with Crippen LogP contribution in [0.3, 0.4) is 0 Å². The molecule has 0 saturated carbocycles. The number of carbonyl (C=O) groups excluding carboxylic acids is 1. The van der Waals surface area contributed by atoms with Gasteiger partial charge in [0, 0.05) is 4.90 Å². The molecular formula is C10H12F2N2OS. The highest BCUT2D eigenvalue weighted by atomic mass is 32.2. The van der Waals surface area contributed by atoms with Crippen LogP contribution in [-0.4, -0.2) is 17.7 Å². The van der Waals surface area contributed by atoms with Gasteiger partial charge in [-0.25, -0.2) is 0 Å². The molecule has 0 aliphatic heterocycles. The Bertz CT molecular complexity index is 372. The smallest absolute Gasteiger partial charge is 0.288 e. The highest BCUT2D eigenvalue weighted by molar-refractivity contribution is 7.99. The van der Waals surface area contributed by atoms with Gasteiger partial charge in [0.05, 0.1) is 11.7 Å². The highest BCUT2D eigenvalue weighted by Crippen LogP contribution is 2.31. The van der Waals surface area contributed by atoms with Crippen molar-refractivity contribution in [2.45, 2.75) is 23.6 Å². The van der Waals surface area contributed by atoms with E-state index in [1.54, 1.807) is 18.2 Å². The first-order chi connectivity index (χ1) is 7.50. The molecule has 3 N–H and O–H groups in total. The predicted octanol–water partition coefficient (Wildman–Crippen LogP) is 2.29. The molecule has 1 aromatic rings. The van der Waals surface area contributed by atoms with Crippen molar-refractivity contribution < 1.29 is 13.6 Å². The highest BCUT2D eigenvalue weighted by Gasteiger charge is 2.13. The van der Waals surface area contributed by atoms with Gasteiger partial charge in [0.1, 0.15) is 0 Å². The zero-order valence-corrected chi connectivity index (χ0v) is 9.43. The fourth-order valence-electron chi connectivity index (χ4n) is 1.02. The zero-order valence-electron chi connectivity index (χ0n) is 8.61. The molecule has 0 heterocycles. The molecule has 0 radical (unpaired) electrons. The lowest BCUT2D eigenvalue weighted by Crippen LogP contribution is -2.32. The molecule has 0 aliphatic rings. The van der Waals surface area contributed by atoms with Crippen LogP contribution in [0.5, 0.6) is 0 Å². The molecule has 0 saturated heterocycles. The molecule has 1 atom stereocenters. The Morgan fingerprint density at radius 2 is 2.06 bits per heavy atom. The standard InChI is InChI=1S/C10H12F2N2OS/c1-6(13)9(15)14-7-4-2-3-5-8(7)16-10(11)12/h2-6,10H,13H2,1H3,(H,14,15)/t6-/m1/s1. The summed E-state index contributed by atoms with van der Waals surface area (Å²) in [4.78, 5) is 11.6. The van der Waals surface area contributed by atoms with Crippen LogP contribution in [0, 0.1) is 0 Å². The van der Waals surface area contributed by atoms with E-state index >= 15 is 0 Å². The van der Waals surface area contributed by atoms with Crippen LogP contribution < -0.4 is 11.1 Å². The number of halogens is 2. The van der Waals surface area contributed by atoms with E-state index in [0.29, 0.717) is 22.3 Å². The summed E-state index contributed by atoms with van der Waals surface area (Å²) in [6.45, 7) is 1.53. The van der Waals surface area contributed by atoms with Gasteiger partial charge in [-0.3, -0.25) is 4.79 Å². The second kappa shape index (κ2) is 5.81. The van der Waals surface area contributed by atoms with Crippen LogP contribution in [0.4, 0.5) is 14.5 Å². The van der Waals surface area contributed by atoms with E-state index in [9.17, 15) is 13.6 Å². The summed E-state index contributed by atoms with van der Waals surface area (Å²) in [7, 11) is 0. The van der Waals surface area contributed by atoms with Gasteiger partial charge in [-0.05, 0) is 19.1 Å². The topological polar surface area (TPSA) is 55.1 Å². The molecule has 0 spiro atoms. The van der Waals surface area contributed by atoms with Gasteiger partial charge in [0.15, 0.2) is 0 Å². The van der Waals surface area contributed by atoms with E-state index in [2.05, 4.69) is 5.32 Å².